The summed E-state index contributed by atoms with van der Waals surface area (Å²) in [7, 11) is 0. The first-order valence-electron chi connectivity index (χ1n) is 7.20. The van der Waals surface area contributed by atoms with Crippen molar-refractivity contribution >= 4 is 17.7 Å². The zero-order valence-corrected chi connectivity index (χ0v) is 14.0. The predicted molar refractivity (Wildman–Crippen MR) is 86.5 cm³/mol. The Morgan fingerprint density at radius 3 is 2.87 bits per heavy atom. The van der Waals surface area contributed by atoms with E-state index in [1.54, 1.807) is 43.7 Å². The van der Waals surface area contributed by atoms with Crippen LogP contribution in [0.4, 0.5) is 9.18 Å². The Kier molecular flexibility index (Phi) is 5.26. The molecule has 1 heterocycles. The second-order valence-corrected chi connectivity index (χ2v) is 6.41. The molecule has 0 saturated carbocycles. The third kappa shape index (κ3) is 4.69. The summed E-state index contributed by atoms with van der Waals surface area (Å²) in [5.41, 5.74) is 0.528. The van der Waals surface area contributed by atoms with Crippen LogP contribution in [0.15, 0.2) is 30.7 Å². The van der Waals surface area contributed by atoms with Crippen molar-refractivity contribution in [2.45, 2.75) is 32.8 Å². The first-order valence-corrected chi connectivity index (χ1v) is 7.58. The minimum atomic E-state index is -0.546. The van der Waals surface area contributed by atoms with Crippen LogP contribution in [-0.2, 0) is 11.2 Å². The molecule has 0 radical (unpaired) electrons. The Bertz CT molecular complexity index is 695. The first-order chi connectivity index (χ1) is 10.8. The van der Waals surface area contributed by atoms with Gasteiger partial charge in [-0.15, -0.1) is 0 Å². The van der Waals surface area contributed by atoms with Crippen LogP contribution in [0.3, 0.4) is 0 Å². The average molecular weight is 340 g/mol. The number of nitrogens with one attached hydrogen (secondary N) is 1. The largest absolute Gasteiger partial charge is 0.444 e. The molecule has 0 aliphatic carbocycles. The van der Waals surface area contributed by atoms with E-state index in [1.807, 2.05) is 0 Å². The Hall–Kier alpha value is -2.08. The Morgan fingerprint density at radius 1 is 1.43 bits per heavy atom. The fraction of sp³-hybridized carbons (Fsp3) is 0.375. The third-order valence-electron chi connectivity index (χ3n) is 2.96. The summed E-state index contributed by atoms with van der Waals surface area (Å²) < 4.78 is 20.9. The maximum absolute atomic E-state index is 14.1. The molecule has 23 heavy (non-hydrogen) atoms. The number of halogens is 2. The highest BCUT2D eigenvalue weighted by molar-refractivity contribution is 6.30. The van der Waals surface area contributed by atoms with Crippen LogP contribution >= 0.6 is 11.6 Å². The molecule has 0 fully saturated rings. The van der Waals surface area contributed by atoms with E-state index in [2.05, 4.69) is 10.3 Å². The van der Waals surface area contributed by atoms with Gasteiger partial charge in [0.05, 0.1) is 17.0 Å². The van der Waals surface area contributed by atoms with Gasteiger partial charge < -0.3 is 14.6 Å². The van der Waals surface area contributed by atoms with Crippen molar-refractivity contribution in [3.05, 3.63) is 47.3 Å². The first kappa shape index (κ1) is 17.3. The summed E-state index contributed by atoms with van der Waals surface area (Å²) in [4.78, 5) is 15.6. The molecule has 0 atom stereocenters. The molecule has 0 aliphatic rings. The van der Waals surface area contributed by atoms with Gasteiger partial charge in [-0.25, -0.2) is 14.2 Å². The molecular weight excluding hydrogens is 321 g/mol. The predicted octanol–water partition coefficient (Wildman–Crippen LogP) is 3.73. The summed E-state index contributed by atoms with van der Waals surface area (Å²) in [5, 5.41) is 2.71. The lowest BCUT2D eigenvalue weighted by Gasteiger charge is -2.19. The van der Waals surface area contributed by atoms with E-state index in [9.17, 15) is 9.18 Å². The second kappa shape index (κ2) is 7.00. The normalized spacial score (nSPS) is 11.3. The van der Waals surface area contributed by atoms with Crippen LogP contribution in [0.1, 0.15) is 26.5 Å². The quantitative estimate of drug-likeness (QED) is 0.923. The van der Waals surface area contributed by atoms with Crippen LogP contribution in [0.5, 0.6) is 0 Å². The van der Waals surface area contributed by atoms with Gasteiger partial charge in [0.1, 0.15) is 5.60 Å². The maximum Gasteiger partial charge on any atom is 0.407 e. The smallest absolute Gasteiger partial charge is 0.407 e. The molecule has 2 aromatic rings. The van der Waals surface area contributed by atoms with Gasteiger partial charge in [-0.1, -0.05) is 17.7 Å². The lowest BCUT2D eigenvalue weighted by molar-refractivity contribution is 0.0528. The molecule has 1 N–H and O–H groups in total. The maximum atomic E-state index is 14.1. The molecule has 7 heteroatoms. The minimum absolute atomic E-state index is 0.0500. The number of nitrogens with zero attached hydrogens (tertiary/aromatic N) is 2. The van der Waals surface area contributed by atoms with Crippen LogP contribution < -0.4 is 5.32 Å². The van der Waals surface area contributed by atoms with E-state index >= 15 is 0 Å². The minimum Gasteiger partial charge on any atom is -0.444 e. The van der Waals surface area contributed by atoms with Crippen molar-refractivity contribution in [3.8, 4) is 5.69 Å². The van der Waals surface area contributed by atoms with Crippen LogP contribution in [0.2, 0.25) is 5.02 Å². The monoisotopic (exact) mass is 339 g/mol. The van der Waals surface area contributed by atoms with E-state index < -0.39 is 17.5 Å². The fourth-order valence-corrected chi connectivity index (χ4v) is 2.18. The van der Waals surface area contributed by atoms with E-state index in [4.69, 9.17) is 16.3 Å². The number of hydrogen-bond donors (Lipinski definition) is 1. The number of benzene rings is 1. The molecule has 2 rings (SSSR count). The van der Waals surface area contributed by atoms with Crippen molar-refractivity contribution in [3.63, 3.8) is 0 Å². The second-order valence-electron chi connectivity index (χ2n) is 6.01. The van der Waals surface area contributed by atoms with Crippen molar-refractivity contribution in [2.24, 2.45) is 0 Å². The highest BCUT2D eigenvalue weighted by Gasteiger charge is 2.16. The topological polar surface area (TPSA) is 56.1 Å². The molecular formula is C16H19ClFN3O2. The zero-order valence-electron chi connectivity index (χ0n) is 13.3. The Morgan fingerprint density at radius 2 is 2.17 bits per heavy atom. The van der Waals surface area contributed by atoms with Crippen molar-refractivity contribution < 1.29 is 13.9 Å². The summed E-state index contributed by atoms with van der Waals surface area (Å²) in [6.45, 7) is 5.74. The molecule has 124 valence electrons. The number of carbonyl (C=O) groups is 1. The lowest BCUT2D eigenvalue weighted by Crippen LogP contribution is -2.33. The summed E-state index contributed by atoms with van der Waals surface area (Å²) >= 11 is 5.81. The molecule has 1 aromatic heterocycles. The number of ether oxygens (including phenoxy) is 1. The number of alkyl carbamates (subject to hydrolysis) is 1. The number of imidazole rings is 1. The van der Waals surface area contributed by atoms with Crippen LogP contribution in [0.25, 0.3) is 5.69 Å². The Labute approximate surface area is 139 Å². The number of aromatic nitrogens is 2. The van der Waals surface area contributed by atoms with Crippen molar-refractivity contribution in [1.29, 1.82) is 0 Å². The van der Waals surface area contributed by atoms with Gasteiger partial charge in [0.15, 0.2) is 5.82 Å². The molecule has 0 saturated heterocycles. The lowest BCUT2D eigenvalue weighted by atomic mass is 10.2. The van der Waals surface area contributed by atoms with Gasteiger partial charge in [-0.2, -0.15) is 0 Å². The molecule has 1 amide bonds. The Balaban J connectivity index is 2.02. The standard InChI is InChI=1S/C16H19ClFN3O2/c1-16(2,3)23-15(22)20-8-7-11-9-19-10-21(11)13-6-4-5-12(17)14(13)18/h4-6,9-10H,7-8H2,1-3H3,(H,20,22). The zero-order chi connectivity index (χ0) is 17.0. The number of amides is 1. The van der Waals surface area contributed by atoms with Gasteiger partial charge in [-0.3, -0.25) is 0 Å². The SMILES string of the molecule is CC(C)(C)OC(=O)NCCc1cncn1-c1cccc(Cl)c1F. The van der Waals surface area contributed by atoms with Gasteiger partial charge >= 0.3 is 6.09 Å². The highest BCUT2D eigenvalue weighted by Crippen LogP contribution is 2.22. The number of carbonyl (C=O) groups excluding carboxylic acids is 1. The molecule has 0 bridgehead atoms. The van der Waals surface area contributed by atoms with E-state index in [0.29, 0.717) is 18.7 Å². The summed E-state index contributed by atoms with van der Waals surface area (Å²) in [6, 6.07) is 4.78. The van der Waals surface area contributed by atoms with Crippen LogP contribution in [0, 0.1) is 5.82 Å². The van der Waals surface area contributed by atoms with E-state index in [0.717, 1.165) is 5.69 Å². The van der Waals surface area contributed by atoms with Crippen molar-refractivity contribution in [2.75, 3.05) is 6.54 Å². The molecule has 0 aliphatic heterocycles. The van der Waals surface area contributed by atoms with Crippen molar-refractivity contribution in [1.82, 2.24) is 14.9 Å². The molecule has 0 spiro atoms. The van der Waals surface area contributed by atoms with E-state index in [1.165, 1.54) is 12.4 Å². The average Bonchev–Trinajstić information content (AvgIpc) is 2.88. The van der Waals surface area contributed by atoms with Gasteiger partial charge in [0.2, 0.25) is 0 Å². The number of hydrogen-bond acceptors (Lipinski definition) is 3. The van der Waals surface area contributed by atoms with Gasteiger partial charge in [0.25, 0.3) is 0 Å². The summed E-state index contributed by atoms with van der Waals surface area (Å²) in [6.07, 6.45) is 3.12. The number of rotatable bonds is 4. The molecule has 0 unspecified atom stereocenters. The highest BCUT2D eigenvalue weighted by atomic mass is 35.5. The van der Waals surface area contributed by atoms with Gasteiger partial charge in [0, 0.05) is 24.9 Å². The summed E-state index contributed by atoms with van der Waals surface area (Å²) in [5.74, 6) is -0.506. The van der Waals surface area contributed by atoms with Gasteiger partial charge in [-0.05, 0) is 32.9 Å². The van der Waals surface area contributed by atoms with Crippen LogP contribution in [-0.4, -0.2) is 27.8 Å². The third-order valence-corrected chi connectivity index (χ3v) is 3.25. The van der Waals surface area contributed by atoms with E-state index in [-0.39, 0.29) is 5.02 Å². The molecule has 5 nitrogen and oxygen atoms in total. The molecule has 1 aromatic carbocycles. The fourth-order valence-electron chi connectivity index (χ4n) is 2.01.